The maximum Gasteiger partial charge on any atom is 0.340 e. The smallest absolute Gasteiger partial charge is 0.340 e. The van der Waals surface area contributed by atoms with Crippen molar-refractivity contribution in [2.24, 2.45) is 0 Å². The second-order valence-corrected chi connectivity index (χ2v) is 8.83. The van der Waals surface area contributed by atoms with Gasteiger partial charge in [-0.05, 0) is 37.3 Å². The first-order valence-corrected chi connectivity index (χ1v) is 11.7. The minimum absolute atomic E-state index is 0.166. The molecule has 1 atom stereocenters. The number of aliphatic carboxylic acids is 1. The minimum atomic E-state index is -1.37. The van der Waals surface area contributed by atoms with Crippen LogP contribution in [0, 0.1) is 13.8 Å². The van der Waals surface area contributed by atoms with Crippen molar-refractivity contribution in [1.82, 2.24) is 5.32 Å². The van der Waals surface area contributed by atoms with Crippen molar-refractivity contribution >= 4 is 45.6 Å². The molecule has 33 heavy (non-hydrogen) atoms. The first-order valence-electron chi connectivity index (χ1n) is 10.3. The van der Waals surface area contributed by atoms with Crippen LogP contribution in [-0.4, -0.2) is 29.9 Å². The molecule has 4 rings (SSSR count). The normalized spacial score (nSPS) is 12.2. The predicted octanol–water partition coefficient (Wildman–Crippen LogP) is 2.96. The fourth-order valence-corrected chi connectivity index (χ4v) is 4.37. The average molecular weight is 465 g/mol. The van der Waals surface area contributed by atoms with Crippen LogP contribution in [0.25, 0.3) is 33.1 Å². The molecule has 0 aliphatic carbocycles. The zero-order chi connectivity index (χ0) is 23.7. The lowest BCUT2D eigenvalue weighted by molar-refractivity contribution is -0.307. The molecule has 2 heterocycles. The molecule has 2 aromatic heterocycles. The van der Waals surface area contributed by atoms with Crippen LogP contribution in [0.5, 0.6) is 0 Å². The van der Waals surface area contributed by atoms with Crippen LogP contribution in [-0.2, 0) is 16.0 Å². The van der Waals surface area contributed by atoms with Crippen LogP contribution < -0.4 is 16.0 Å². The second kappa shape index (κ2) is 9.15. The van der Waals surface area contributed by atoms with Gasteiger partial charge in [-0.2, -0.15) is 11.8 Å². The van der Waals surface area contributed by atoms with Crippen LogP contribution in [0.1, 0.15) is 16.7 Å². The van der Waals surface area contributed by atoms with Crippen LogP contribution in [0.4, 0.5) is 0 Å². The van der Waals surface area contributed by atoms with Gasteiger partial charge in [0.25, 0.3) is 0 Å². The SMILES string of the molecule is CSC[C@H](NC(=O)Cc1c(C)c2cc3c(-c4ccc(C)cc4)coc3cc2oc1=O)C(=O)[O-]. The fourth-order valence-electron chi connectivity index (χ4n) is 3.81. The van der Waals surface area contributed by atoms with Crippen molar-refractivity contribution in [2.45, 2.75) is 26.3 Å². The molecule has 7 nitrogen and oxygen atoms in total. The molecule has 0 spiro atoms. The summed E-state index contributed by atoms with van der Waals surface area (Å²) in [5.74, 6) is -1.79. The molecule has 0 saturated carbocycles. The Balaban J connectivity index is 1.74. The molecule has 0 fully saturated rings. The average Bonchev–Trinajstić information content (AvgIpc) is 3.18. The van der Waals surface area contributed by atoms with Gasteiger partial charge in [0.05, 0.1) is 30.3 Å². The molecule has 0 radical (unpaired) electrons. The molecular weight excluding hydrogens is 442 g/mol. The number of furan rings is 1. The van der Waals surface area contributed by atoms with E-state index in [2.05, 4.69) is 5.32 Å². The van der Waals surface area contributed by atoms with Crippen molar-refractivity contribution in [3.63, 3.8) is 0 Å². The number of rotatable bonds is 7. The largest absolute Gasteiger partial charge is 0.548 e. The molecule has 4 aromatic rings. The van der Waals surface area contributed by atoms with E-state index in [0.29, 0.717) is 22.1 Å². The Morgan fingerprint density at radius 1 is 1.09 bits per heavy atom. The number of hydrogen-bond donors (Lipinski definition) is 1. The Morgan fingerprint density at radius 2 is 1.82 bits per heavy atom. The summed E-state index contributed by atoms with van der Waals surface area (Å²) in [6.45, 7) is 3.77. The predicted molar refractivity (Wildman–Crippen MR) is 126 cm³/mol. The van der Waals surface area contributed by atoms with E-state index in [0.717, 1.165) is 22.1 Å². The summed E-state index contributed by atoms with van der Waals surface area (Å²) >= 11 is 1.27. The number of thioether (sulfide) groups is 1. The number of carboxylic acid groups (broad SMARTS) is 1. The van der Waals surface area contributed by atoms with Gasteiger partial charge in [0, 0.05) is 28.2 Å². The van der Waals surface area contributed by atoms with Gasteiger partial charge in [0.1, 0.15) is 11.2 Å². The summed E-state index contributed by atoms with van der Waals surface area (Å²) in [7, 11) is 0. The highest BCUT2D eigenvalue weighted by atomic mass is 32.2. The summed E-state index contributed by atoms with van der Waals surface area (Å²) in [6.07, 6.45) is 3.10. The number of carboxylic acids is 1. The molecular formula is C25H22NO6S-. The number of amides is 1. The number of nitrogens with one attached hydrogen (secondary N) is 1. The van der Waals surface area contributed by atoms with E-state index in [1.165, 1.54) is 11.8 Å². The summed E-state index contributed by atoms with van der Waals surface area (Å²) in [6, 6.07) is 10.5. The first-order chi connectivity index (χ1) is 15.8. The highest BCUT2D eigenvalue weighted by molar-refractivity contribution is 7.98. The van der Waals surface area contributed by atoms with Gasteiger partial charge in [0.2, 0.25) is 5.91 Å². The molecule has 1 N–H and O–H groups in total. The van der Waals surface area contributed by atoms with Crippen LogP contribution >= 0.6 is 11.8 Å². The van der Waals surface area contributed by atoms with Gasteiger partial charge in [-0.25, -0.2) is 4.79 Å². The lowest BCUT2D eigenvalue weighted by Crippen LogP contribution is -2.50. The molecule has 0 saturated heterocycles. The number of hydrogen-bond acceptors (Lipinski definition) is 7. The molecule has 170 valence electrons. The summed E-state index contributed by atoms with van der Waals surface area (Å²) in [5.41, 5.74) is 4.13. The van der Waals surface area contributed by atoms with Crippen molar-refractivity contribution in [1.29, 1.82) is 0 Å². The Bertz CT molecular complexity index is 1420. The van der Waals surface area contributed by atoms with E-state index in [4.69, 9.17) is 8.83 Å². The zero-order valence-electron chi connectivity index (χ0n) is 18.4. The Kier molecular flexibility index (Phi) is 6.29. The third kappa shape index (κ3) is 4.52. The maximum atomic E-state index is 12.6. The summed E-state index contributed by atoms with van der Waals surface area (Å²) in [5, 5.41) is 15.2. The molecule has 1 amide bonds. The van der Waals surface area contributed by atoms with Gasteiger partial charge in [-0.15, -0.1) is 0 Å². The van der Waals surface area contributed by atoms with Crippen molar-refractivity contribution in [3.8, 4) is 11.1 Å². The Labute approximate surface area is 193 Å². The minimum Gasteiger partial charge on any atom is -0.548 e. The third-order valence-corrected chi connectivity index (χ3v) is 6.30. The van der Waals surface area contributed by atoms with Gasteiger partial charge >= 0.3 is 5.63 Å². The van der Waals surface area contributed by atoms with E-state index in [-0.39, 0.29) is 17.7 Å². The highest BCUT2D eigenvalue weighted by Crippen LogP contribution is 2.34. The number of benzene rings is 2. The van der Waals surface area contributed by atoms with Gasteiger partial charge in [0.15, 0.2) is 0 Å². The van der Waals surface area contributed by atoms with E-state index in [9.17, 15) is 19.5 Å². The summed E-state index contributed by atoms with van der Waals surface area (Å²) < 4.78 is 11.2. The van der Waals surface area contributed by atoms with Crippen molar-refractivity contribution < 1.29 is 23.5 Å². The molecule has 0 aliphatic rings. The lowest BCUT2D eigenvalue weighted by Gasteiger charge is -2.18. The molecule has 0 unspecified atom stereocenters. The molecule has 8 heteroatoms. The fraction of sp³-hybridized carbons (Fsp3) is 0.240. The molecule has 0 bridgehead atoms. The molecule has 0 aliphatic heterocycles. The van der Waals surface area contributed by atoms with Crippen molar-refractivity contribution in [3.05, 3.63) is 69.8 Å². The number of fused-ring (bicyclic) bond motifs is 2. The first kappa shape index (κ1) is 22.7. The van der Waals surface area contributed by atoms with Gasteiger partial charge in [-0.3, -0.25) is 4.79 Å². The van der Waals surface area contributed by atoms with Gasteiger partial charge in [-0.1, -0.05) is 29.8 Å². The van der Waals surface area contributed by atoms with Crippen LogP contribution in [0.2, 0.25) is 0 Å². The topological polar surface area (TPSA) is 113 Å². The Hall–Kier alpha value is -3.52. The maximum absolute atomic E-state index is 12.6. The highest BCUT2D eigenvalue weighted by Gasteiger charge is 2.19. The lowest BCUT2D eigenvalue weighted by atomic mass is 9.99. The van der Waals surface area contributed by atoms with E-state index in [1.807, 2.05) is 37.3 Å². The van der Waals surface area contributed by atoms with Crippen molar-refractivity contribution in [2.75, 3.05) is 12.0 Å². The van der Waals surface area contributed by atoms with Gasteiger partial charge < -0.3 is 24.1 Å². The number of aryl methyl sites for hydroxylation is 2. The quantitative estimate of drug-likeness (QED) is 0.419. The van der Waals surface area contributed by atoms with Crippen LogP contribution in [0.3, 0.4) is 0 Å². The number of carbonyl (C=O) groups is 2. The zero-order valence-corrected chi connectivity index (χ0v) is 19.2. The monoisotopic (exact) mass is 464 g/mol. The third-order valence-electron chi connectivity index (χ3n) is 5.63. The second-order valence-electron chi connectivity index (χ2n) is 7.92. The van der Waals surface area contributed by atoms with E-state index < -0.39 is 23.5 Å². The number of carbonyl (C=O) groups excluding carboxylic acids is 2. The standard InChI is InChI=1S/C25H23NO6S/c1-13-4-6-15(7-5-13)19-11-31-21-10-22-16(8-18(19)21)14(2)17(25(30)32-22)9-23(27)26-20(12-33-3)24(28)29/h4-8,10-11,20H,9,12H2,1-3H3,(H,26,27)(H,28,29)/p-1/t20-/m0/s1. The summed E-state index contributed by atoms with van der Waals surface area (Å²) in [4.78, 5) is 36.3. The van der Waals surface area contributed by atoms with E-state index >= 15 is 0 Å². The van der Waals surface area contributed by atoms with Crippen LogP contribution in [0.15, 0.2) is 56.3 Å². The van der Waals surface area contributed by atoms with E-state index in [1.54, 1.807) is 25.5 Å². The Morgan fingerprint density at radius 3 is 2.48 bits per heavy atom. The molecule has 2 aromatic carbocycles.